The number of nitrogens with one attached hydrogen (secondary N) is 1. The third kappa shape index (κ3) is 7.87. The van der Waals surface area contributed by atoms with Crippen LogP contribution in [0.1, 0.15) is 46.1 Å². The molecule has 1 aromatic carbocycles. The van der Waals surface area contributed by atoms with Crippen LogP contribution < -0.4 is 5.32 Å². The molecule has 0 radical (unpaired) electrons. The summed E-state index contributed by atoms with van der Waals surface area (Å²) in [7, 11) is 3.46. The Morgan fingerprint density at radius 2 is 1.89 bits per heavy atom. The van der Waals surface area contributed by atoms with Crippen molar-refractivity contribution >= 4 is 40.6 Å². The Morgan fingerprint density at radius 3 is 2.57 bits per heavy atom. The van der Waals surface area contributed by atoms with Crippen molar-refractivity contribution in [3.8, 4) is 0 Å². The summed E-state index contributed by atoms with van der Waals surface area (Å²) in [5, 5.41) is 2.87. The van der Waals surface area contributed by atoms with E-state index in [1.807, 2.05) is 6.07 Å². The summed E-state index contributed by atoms with van der Waals surface area (Å²) >= 11 is 7.14. The molecule has 190 valence electrons. The maximum Gasteiger partial charge on any atom is 0.305 e. The maximum atomic E-state index is 13.5. The molecule has 2 aromatic rings. The second kappa shape index (κ2) is 12.6. The zero-order chi connectivity index (χ0) is 25.4. The number of carbonyl (C=O) groups excluding carboxylic acids is 3. The molecule has 1 aromatic heterocycles. The second-order valence-electron chi connectivity index (χ2n) is 9.13. The minimum Gasteiger partial charge on any atom is -0.469 e. The van der Waals surface area contributed by atoms with Crippen LogP contribution in [0.4, 0.5) is 0 Å². The van der Waals surface area contributed by atoms with Gasteiger partial charge in [-0.3, -0.25) is 14.4 Å². The number of hydrogen-bond donors (Lipinski definition) is 1. The van der Waals surface area contributed by atoms with Gasteiger partial charge in [-0.05, 0) is 62.1 Å². The number of hydrogen-bond acceptors (Lipinski definition) is 7. The van der Waals surface area contributed by atoms with Crippen molar-refractivity contribution in [1.29, 1.82) is 0 Å². The van der Waals surface area contributed by atoms with Gasteiger partial charge in [0, 0.05) is 32.5 Å². The number of methoxy groups -OCH3 is 1. The first-order valence-electron chi connectivity index (χ1n) is 11.7. The molecule has 1 aliphatic rings. The van der Waals surface area contributed by atoms with Gasteiger partial charge in [0.1, 0.15) is 5.54 Å². The first-order valence-corrected chi connectivity index (χ1v) is 12.9. The number of rotatable bonds is 11. The lowest BCUT2D eigenvalue weighted by atomic mass is 9.90. The van der Waals surface area contributed by atoms with Gasteiger partial charge in [0.05, 0.1) is 22.9 Å². The molecule has 0 bridgehead atoms. The second-order valence-corrected chi connectivity index (χ2v) is 10.8. The van der Waals surface area contributed by atoms with Crippen molar-refractivity contribution < 1.29 is 23.9 Å². The predicted molar refractivity (Wildman–Crippen MR) is 137 cm³/mol. The number of esters is 1. The van der Waals surface area contributed by atoms with Crippen molar-refractivity contribution in [2.24, 2.45) is 0 Å². The van der Waals surface area contributed by atoms with Gasteiger partial charge in [0.15, 0.2) is 5.78 Å². The van der Waals surface area contributed by atoms with E-state index < -0.39 is 5.54 Å². The summed E-state index contributed by atoms with van der Waals surface area (Å²) in [5.41, 5.74) is 2.28. The number of nitrogens with zero attached hydrogens (tertiary/aromatic N) is 1. The smallest absolute Gasteiger partial charge is 0.305 e. The maximum absolute atomic E-state index is 13.5. The summed E-state index contributed by atoms with van der Waals surface area (Å²) in [6.07, 6.45) is 2.81. The quantitative estimate of drug-likeness (QED) is 0.359. The molecule has 1 atom stereocenters. The van der Waals surface area contributed by atoms with Crippen LogP contribution in [0.2, 0.25) is 4.34 Å². The molecule has 0 aliphatic carbocycles. The number of Topliss-reactive ketones (excluding diaryl/α,β-unsaturated/α-hetero) is 1. The van der Waals surface area contributed by atoms with Gasteiger partial charge in [-0.25, -0.2) is 0 Å². The fourth-order valence-corrected chi connectivity index (χ4v) is 4.95. The molecule has 35 heavy (non-hydrogen) atoms. The number of thiophene rings is 1. The van der Waals surface area contributed by atoms with E-state index >= 15 is 0 Å². The average molecular weight is 521 g/mol. The van der Waals surface area contributed by atoms with Crippen LogP contribution in [0.15, 0.2) is 30.3 Å². The third-order valence-electron chi connectivity index (χ3n) is 6.25. The number of benzene rings is 1. The van der Waals surface area contributed by atoms with Crippen LogP contribution in [0.25, 0.3) is 0 Å². The van der Waals surface area contributed by atoms with Crippen LogP contribution in [0.5, 0.6) is 0 Å². The lowest BCUT2D eigenvalue weighted by molar-refractivity contribution is -0.141. The van der Waals surface area contributed by atoms with Gasteiger partial charge in [-0.15, -0.1) is 11.3 Å². The molecular formula is C26H33ClN2O5S. The van der Waals surface area contributed by atoms with Crippen molar-refractivity contribution in [2.75, 3.05) is 40.5 Å². The Hall–Kier alpha value is -2.26. The Morgan fingerprint density at radius 1 is 1.14 bits per heavy atom. The number of carbonyl (C=O) groups is 3. The minimum atomic E-state index is -1.24. The van der Waals surface area contributed by atoms with Crippen LogP contribution >= 0.6 is 22.9 Å². The lowest BCUT2D eigenvalue weighted by Gasteiger charge is -2.29. The zero-order valence-electron chi connectivity index (χ0n) is 20.5. The molecule has 2 heterocycles. The van der Waals surface area contributed by atoms with E-state index in [-0.39, 0.29) is 43.7 Å². The summed E-state index contributed by atoms with van der Waals surface area (Å²) in [6, 6.07) is 9.51. The fraction of sp³-hybridized carbons (Fsp3) is 0.500. The van der Waals surface area contributed by atoms with Crippen LogP contribution in [0, 0.1) is 0 Å². The number of halogens is 1. The number of likely N-dealkylation sites (N-methyl/N-ethyl adjacent to an activating group) is 1. The van der Waals surface area contributed by atoms with E-state index in [1.165, 1.54) is 18.2 Å². The van der Waals surface area contributed by atoms with Gasteiger partial charge >= 0.3 is 5.97 Å². The molecular weight excluding hydrogens is 488 g/mol. The van der Waals surface area contributed by atoms with E-state index in [0.717, 1.165) is 42.8 Å². The van der Waals surface area contributed by atoms with Crippen molar-refractivity contribution in [3.63, 3.8) is 0 Å². The van der Waals surface area contributed by atoms with E-state index in [9.17, 15) is 14.4 Å². The summed E-state index contributed by atoms with van der Waals surface area (Å²) in [6.45, 7) is 3.95. The highest BCUT2D eigenvalue weighted by molar-refractivity contribution is 7.18. The van der Waals surface area contributed by atoms with Gasteiger partial charge in [0.25, 0.3) is 5.91 Å². The van der Waals surface area contributed by atoms with Gasteiger partial charge < -0.3 is 19.7 Å². The predicted octanol–water partition coefficient (Wildman–Crippen LogP) is 3.70. The number of ether oxygens (including phenoxy) is 2. The first-order chi connectivity index (χ1) is 16.7. The Kier molecular flexibility index (Phi) is 9.86. The molecule has 0 fully saturated rings. The molecule has 0 spiro atoms. The number of ketones is 1. The molecule has 7 nitrogen and oxygen atoms in total. The van der Waals surface area contributed by atoms with E-state index in [1.54, 1.807) is 19.1 Å². The Bertz CT molecular complexity index is 1060. The van der Waals surface area contributed by atoms with Crippen LogP contribution in [-0.4, -0.2) is 68.6 Å². The average Bonchev–Trinajstić information content (AvgIpc) is 3.19. The van der Waals surface area contributed by atoms with Crippen molar-refractivity contribution in [1.82, 2.24) is 10.2 Å². The molecule has 3 rings (SSSR count). The van der Waals surface area contributed by atoms with E-state index in [2.05, 4.69) is 34.1 Å². The monoisotopic (exact) mass is 520 g/mol. The summed E-state index contributed by atoms with van der Waals surface area (Å²) in [4.78, 5) is 40.5. The summed E-state index contributed by atoms with van der Waals surface area (Å²) < 4.78 is 10.9. The molecule has 9 heteroatoms. The van der Waals surface area contributed by atoms with Gasteiger partial charge in [-0.2, -0.15) is 0 Å². The highest BCUT2D eigenvalue weighted by atomic mass is 35.5. The molecule has 0 saturated carbocycles. The van der Waals surface area contributed by atoms with Crippen molar-refractivity contribution in [3.05, 3.63) is 56.2 Å². The Labute approximate surface area is 215 Å². The third-order valence-corrected chi connectivity index (χ3v) is 7.48. The van der Waals surface area contributed by atoms with Gasteiger partial charge in [-0.1, -0.05) is 29.8 Å². The standard InChI is InChI=1S/C26H33ClN2O5S/c1-26(17-34-14-4-5-24(31)33-3,28-25(32)21-8-9-23(27)35-21)22(30)16-18-6-7-19-10-12-29(2)13-11-20(19)15-18/h6-9,15H,4-5,10-14,16-17H2,1-3H3,(H,28,32)/t26-/m1/s1. The minimum absolute atomic E-state index is 0.00636. The lowest BCUT2D eigenvalue weighted by Crippen LogP contribution is -2.56. The zero-order valence-corrected chi connectivity index (χ0v) is 22.1. The topological polar surface area (TPSA) is 84.9 Å². The van der Waals surface area contributed by atoms with E-state index in [0.29, 0.717) is 15.6 Å². The number of amides is 1. The van der Waals surface area contributed by atoms with Gasteiger partial charge in [0.2, 0.25) is 0 Å². The Balaban J connectivity index is 1.71. The van der Waals surface area contributed by atoms with Crippen LogP contribution in [-0.2, 0) is 38.3 Å². The highest BCUT2D eigenvalue weighted by Crippen LogP contribution is 2.23. The normalized spacial score (nSPS) is 15.5. The molecule has 0 saturated heterocycles. The molecule has 1 aliphatic heterocycles. The first kappa shape index (κ1) is 27.3. The van der Waals surface area contributed by atoms with E-state index in [4.69, 9.17) is 16.3 Å². The molecule has 0 unspecified atom stereocenters. The van der Waals surface area contributed by atoms with Crippen molar-refractivity contribution in [2.45, 2.75) is 44.6 Å². The molecule has 1 N–H and O–H groups in total. The molecule has 1 amide bonds. The number of fused-ring (bicyclic) bond motifs is 1. The fourth-order valence-electron chi connectivity index (χ4n) is 4.01. The summed E-state index contributed by atoms with van der Waals surface area (Å²) in [5.74, 6) is -0.835. The van der Waals surface area contributed by atoms with Crippen LogP contribution in [0.3, 0.4) is 0 Å². The largest absolute Gasteiger partial charge is 0.469 e. The highest BCUT2D eigenvalue weighted by Gasteiger charge is 2.35. The SMILES string of the molecule is COC(=O)CCCOC[C@@](C)(NC(=O)c1ccc(Cl)s1)C(=O)Cc1ccc2c(c1)CCN(C)CC2.